The quantitative estimate of drug-likeness (QED) is 0.919. The Morgan fingerprint density at radius 2 is 1.91 bits per heavy atom. The van der Waals surface area contributed by atoms with Crippen LogP contribution >= 0.6 is 0 Å². The highest BCUT2D eigenvalue weighted by Crippen LogP contribution is 2.24. The Labute approximate surface area is 129 Å². The number of hydrogen-bond acceptors (Lipinski definition) is 4. The first-order valence-electron chi connectivity index (χ1n) is 7.16. The van der Waals surface area contributed by atoms with Crippen LogP contribution in [0.1, 0.15) is 42.5 Å². The monoisotopic (exact) mass is 303 g/mol. The molecule has 0 saturated heterocycles. The molecule has 0 saturated carbocycles. The van der Waals surface area contributed by atoms with Crippen molar-refractivity contribution in [2.45, 2.75) is 39.7 Å². The molecule has 2 rings (SSSR count). The Bertz CT molecular complexity index is 654. The van der Waals surface area contributed by atoms with Crippen molar-refractivity contribution in [3.8, 4) is 5.75 Å². The molecule has 6 heteroatoms. The lowest BCUT2D eigenvalue weighted by molar-refractivity contribution is 0.0687. The van der Waals surface area contributed by atoms with E-state index in [2.05, 4.69) is 10.3 Å². The molecule has 0 spiro atoms. The van der Waals surface area contributed by atoms with Gasteiger partial charge >= 0.3 is 5.97 Å². The van der Waals surface area contributed by atoms with E-state index in [1.165, 1.54) is 5.56 Å². The van der Waals surface area contributed by atoms with Gasteiger partial charge in [-0.1, -0.05) is 43.7 Å². The summed E-state index contributed by atoms with van der Waals surface area (Å²) in [5, 5.41) is 17.0. The van der Waals surface area contributed by atoms with Crippen molar-refractivity contribution in [3.05, 3.63) is 41.2 Å². The standard InChI is InChI=1S/C16H21N3O3/c1-11-5-7-12(8-6-11)22-10-9-19-14(16(2,3)4)13(15(20)21)17-18-19/h5-8H,9-10H2,1-4H3,(H,20,21). The van der Waals surface area contributed by atoms with Gasteiger partial charge in [0.25, 0.3) is 0 Å². The SMILES string of the molecule is Cc1ccc(OCCn2nnc(C(=O)O)c2C(C)(C)C)cc1. The van der Waals surface area contributed by atoms with Gasteiger partial charge in [-0.2, -0.15) is 0 Å². The maximum Gasteiger partial charge on any atom is 0.358 e. The van der Waals surface area contributed by atoms with Crippen LogP contribution in [0, 0.1) is 6.92 Å². The maximum absolute atomic E-state index is 11.3. The summed E-state index contributed by atoms with van der Waals surface area (Å²) in [5.74, 6) is -0.280. The van der Waals surface area contributed by atoms with E-state index >= 15 is 0 Å². The van der Waals surface area contributed by atoms with Crippen LogP contribution in [0.2, 0.25) is 0 Å². The zero-order valence-electron chi connectivity index (χ0n) is 13.3. The predicted octanol–water partition coefficient (Wildman–Crippen LogP) is 2.66. The van der Waals surface area contributed by atoms with Crippen LogP contribution in [0.4, 0.5) is 0 Å². The Balaban J connectivity index is 2.10. The second-order valence-corrected chi connectivity index (χ2v) is 6.23. The van der Waals surface area contributed by atoms with Gasteiger partial charge in [-0.3, -0.25) is 0 Å². The number of carboxylic acids is 1. The van der Waals surface area contributed by atoms with E-state index < -0.39 is 5.97 Å². The molecule has 22 heavy (non-hydrogen) atoms. The maximum atomic E-state index is 11.3. The van der Waals surface area contributed by atoms with Gasteiger partial charge in [0, 0.05) is 5.41 Å². The largest absolute Gasteiger partial charge is 0.492 e. The Hall–Kier alpha value is -2.37. The summed E-state index contributed by atoms with van der Waals surface area (Å²) in [5.41, 5.74) is 1.42. The number of aryl methyl sites for hydroxylation is 1. The van der Waals surface area contributed by atoms with Gasteiger partial charge in [-0.25, -0.2) is 9.48 Å². The van der Waals surface area contributed by atoms with Gasteiger partial charge in [0.15, 0.2) is 5.69 Å². The molecule has 0 atom stereocenters. The highest BCUT2D eigenvalue weighted by atomic mass is 16.5. The molecule has 0 amide bonds. The molecule has 0 unspecified atom stereocenters. The van der Waals surface area contributed by atoms with Crippen molar-refractivity contribution >= 4 is 5.97 Å². The van der Waals surface area contributed by atoms with Gasteiger partial charge in [-0.15, -0.1) is 5.10 Å². The molecule has 0 aliphatic heterocycles. The lowest BCUT2D eigenvalue weighted by Gasteiger charge is -2.20. The number of carboxylic acid groups (broad SMARTS) is 1. The summed E-state index contributed by atoms with van der Waals surface area (Å²) >= 11 is 0. The van der Waals surface area contributed by atoms with Crippen molar-refractivity contribution in [1.82, 2.24) is 15.0 Å². The number of aromatic carboxylic acids is 1. The number of nitrogens with zero attached hydrogens (tertiary/aromatic N) is 3. The molecule has 1 aromatic heterocycles. The van der Waals surface area contributed by atoms with E-state index in [1.807, 2.05) is 52.0 Å². The summed E-state index contributed by atoms with van der Waals surface area (Å²) in [7, 11) is 0. The minimum atomic E-state index is -1.06. The zero-order valence-corrected chi connectivity index (χ0v) is 13.3. The fourth-order valence-electron chi connectivity index (χ4n) is 2.24. The van der Waals surface area contributed by atoms with Crippen LogP contribution in [0.25, 0.3) is 0 Å². The highest BCUT2D eigenvalue weighted by Gasteiger charge is 2.28. The number of carbonyl (C=O) groups is 1. The number of aromatic nitrogens is 3. The van der Waals surface area contributed by atoms with Gasteiger partial charge < -0.3 is 9.84 Å². The molecule has 0 radical (unpaired) electrons. The van der Waals surface area contributed by atoms with E-state index in [9.17, 15) is 9.90 Å². The minimum absolute atomic E-state index is 0.00263. The minimum Gasteiger partial charge on any atom is -0.492 e. The number of ether oxygens (including phenoxy) is 1. The topological polar surface area (TPSA) is 77.2 Å². The van der Waals surface area contributed by atoms with Crippen LogP contribution in [0.3, 0.4) is 0 Å². The average Bonchev–Trinajstić information content (AvgIpc) is 2.85. The van der Waals surface area contributed by atoms with Crippen molar-refractivity contribution < 1.29 is 14.6 Å². The molecule has 1 N–H and O–H groups in total. The van der Waals surface area contributed by atoms with E-state index in [1.54, 1.807) is 4.68 Å². The molecule has 0 aliphatic rings. The third-order valence-corrected chi connectivity index (χ3v) is 3.24. The zero-order chi connectivity index (χ0) is 16.3. The van der Waals surface area contributed by atoms with Crippen LogP contribution < -0.4 is 4.74 Å². The van der Waals surface area contributed by atoms with E-state index in [0.29, 0.717) is 18.8 Å². The molecule has 0 aliphatic carbocycles. The fourth-order valence-corrected chi connectivity index (χ4v) is 2.24. The Morgan fingerprint density at radius 1 is 1.27 bits per heavy atom. The van der Waals surface area contributed by atoms with Crippen molar-refractivity contribution in [3.63, 3.8) is 0 Å². The van der Waals surface area contributed by atoms with E-state index in [-0.39, 0.29) is 11.1 Å². The summed E-state index contributed by atoms with van der Waals surface area (Å²) < 4.78 is 7.28. The fraction of sp³-hybridized carbons (Fsp3) is 0.438. The summed E-state index contributed by atoms with van der Waals surface area (Å²) in [4.78, 5) is 11.3. The first-order valence-corrected chi connectivity index (χ1v) is 7.16. The number of hydrogen-bond donors (Lipinski definition) is 1. The van der Waals surface area contributed by atoms with Crippen molar-refractivity contribution in [2.75, 3.05) is 6.61 Å². The van der Waals surface area contributed by atoms with Gasteiger partial charge in [0.2, 0.25) is 0 Å². The number of benzene rings is 1. The molecule has 118 valence electrons. The van der Waals surface area contributed by atoms with E-state index in [0.717, 1.165) is 5.75 Å². The number of rotatable bonds is 5. The average molecular weight is 303 g/mol. The molecular formula is C16H21N3O3. The predicted molar refractivity (Wildman–Crippen MR) is 82.4 cm³/mol. The Kier molecular flexibility index (Phi) is 4.49. The summed E-state index contributed by atoms with van der Waals surface area (Å²) in [6.07, 6.45) is 0. The first kappa shape index (κ1) is 16.0. The van der Waals surface area contributed by atoms with Crippen LogP contribution in [-0.2, 0) is 12.0 Å². The van der Waals surface area contributed by atoms with Crippen molar-refractivity contribution in [2.24, 2.45) is 0 Å². The van der Waals surface area contributed by atoms with Gasteiger partial charge in [0.05, 0.1) is 12.2 Å². The van der Waals surface area contributed by atoms with Gasteiger partial charge in [0.1, 0.15) is 12.4 Å². The molecule has 0 bridgehead atoms. The molecular weight excluding hydrogens is 282 g/mol. The smallest absolute Gasteiger partial charge is 0.358 e. The second kappa shape index (κ2) is 6.17. The van der Waals surface area contributed by atoms with Crippen LogP contribution in [0.15, 0.2) is 24.3 Å². The summed E-state index contributed by atoms with van der Waals surface area (Å²) in [6, 6.07) is 7.77. The first-order chi connectivity index (χ1) is 10.3. The van der Waals surface area contributed by atoms with Crippen LogP contribution in [-0.4, -0.2) is 32.7 Å². The molecule has 6 nitrogen and oxygen atoms in total. The molecule has 2 aromatic rings. The van der Waals surface area contributed by atoms with Crippen molar-refractivity contribution in [1.29, 1.82) is 0 Å². The lowest BCUT2D eigenvalue weighted by atomic mass is 9.90. The molecule has 0 fully saturated rings. The van der Waals surface area contributed by atoms with Crippen LogP contribution in [0.5, 0.6) is 5.75 Å². The molecule has 1 heterocycles. The second-order valence-electron chi connectivity index (χ2n) is 6.23. The summed E-state index contributed by atoms with van der Waals surface area (Å²) in [6.45, 7) is 8.68. The molecule has 1 aromatic carbocycles. The third kappa shape index (κ3) is 3.63. The normalized spacial score (nSPS) is 11.5. The highest BCUT2D eigenvalue weighted by molar-refractivity contribution is 5.86. The Morgan fingerprint density at radius 3 is 2.45 bits per heavy atom. The third-order valence-electron chi connectivity index (χ3n) is 3.24. The van der Waals surface area contributed by atoms with E-state index in [4.69, 9.17) is 4.74 Å². The van der Waals surface area contributed by atoms with Gasteiger partial charge in [-0.05, 0) is 19.1 Å². The lowest BCUT2D eigenvalue weighted by Crippen LogP contribution is -2.23.